The molecule has 0 saturated carbocycles. The van der Waals surface area contributed by atoms with Gasteiger partial charge in [0.05, 0.1) is 24.6 Å². The lowest BCUT2D eigenvalue weighted by molar-refractivity contribution is -0.142. The summed E-state index contributed by atoms with van der Waals surface area (Å²) in [6.07, 6.45) is -0.982. The lowest BCUT2D eigenvalue weighted by atomic mass is 10.0. The smallest absolute Gasteiger partial charge is 0.326 e. The molecule has 7 atom stereocenters. The van der Waals surface area contributed by atoms with Gasteiger partial charge in [-0.25, -0.2) is 4.79 Å². The van der Waals surface area contributed by atoms with Crippen molar-refractivity contribution in [2.45, 2.75) is 88.8 Å². The highest BCUT2D eigenvalue weighted by atomic mass is 16.4. The summed E-state index contributed by atoms with van der Waals surface area (Å²) in [5.74, 6) is -3.58. The number of aliphatic hydroxyl groups is 1. The Bertz CT molecular complexity index is 1000. The minimum atomic E-state index is -1.26. The first kappa shape index (κ1) is 35.0. The number of hydrogen-bond acceptors (Lipinski definition) is 10. The molecule has 18 heteroatoms. The number of aliphatic imine (C=N–C) groups is 2. The number of guanidine groups is 2. The van der Waals surface area contributed by atoms with Crippen LogP contribution in [-0.2, 0) is 24.0 Å². The van der Waals surface area contributed by atoms with Crippen molar-refractivity contribution in [1.29, 1.82) is 0 Å². The van der Waals surface area contributed by atoms with E-state index in [1.807, 2.05) is 0 Å². The number of nitrogens with one attached hydrogen (secondary N) is 5. The van der Waals surface area contributed by atoms with Crippen LogP contribution in [0.15, 0.2) is 9.98 Å². The van der Waals surface area contributed by atoms with E-state index >= 15 is 0 Å². The SMILES string of the molecule is CC(N)C(=O)NC(C)C(=O)NC(CCCN=C1NC(=O)C(NC(=O)CC(O)C(N)CCN=C(N)N)C(C)N1)C(=O)O. The predicted octanol–water partition coefficient (Wildman–Crippen LogP) is -5.12. The topological polar surface area (TPSA) is 315 Å². The Labute approximate surface area is 237 Å². The lowest BCUT2D eigenvalue weighted by Gasteiger charge is -2.32. The van der Waals surface area contributed by atoms with E-state index in [2.05, 4.69) is 36.6 Å². The number of aliphatic carboxylic acids is 1. The third-order valence-corrected chi connectivity index (χ3v) is 6.05. The van der Waals surface area contributed by atoms with Crippen LogP contribution in [0.1, 0.15) is 46.5 Å². The zero-order valence-electron chi connectivity index (χ0n) is 23.4. The minimum absolute atomic E-state index is 0.0322. The Hall–Kier alpha value is -4.03. The average Bonchev–Trinajstić information content (AvgIpc) is 2.87. The summed E-state index contributed by atoms with van der Waals surface area (Å²) in [5, 5.41) is 32.4. The molecule has 0 spiro atoms. The van der Waals surface area contributed by atoms with Gasteiger partial charge in [0, 0.05) is 19.1 Å². The lowest BCUT2D eigenvalue weighted by Crippen LogP contribution is -2.66. The van der Waals surface area contributed by atoms with E-state index in [9.17, 15) is 34.2 Å². The third kappa shape index (κ3) is 12.8. The van der Waals surface area contributed by atoms with Gasteiger partial charge >= 0.3 is 5.97 Å². The maximum absolute atomic E-state index is 12.6. The molecule has 7 unspecified atom stereocenters. The number of rotatable bonds is 16. The molecule has 1 aliphatic rings. The maximum atomic E-state index is 12.6. The van der Waals surface area contributed by atoms with Crippen LogP contribution in [0.25, 0.3) is 0 Å². The van der Waals surface area contributed by atoms with Crippen LogP contribution >= 0.6 is 0 Å². The van der Waals surface area contributed by atoms with Gasteiger partial charge in [0.2, 0.25) is 17.7 Å². The van der Waals surface area contributed by atoms with Crippen LogP contribution in [-0.4, -0.2) is 107 Å². The molecule has 1 aliphatic heterocycles. The van der Waals surface area contributed by atoms with Crippen molar-refractivity contribution in [3.8, 4) is 0 Å². The molecule has 0 aromatic carbocycles. The van der Waals surface area contributed by atoms with Crippen LogP contribution in [0.5, 0.6) is 0 Å². The second kappa shape index (κ2) is 16.9. The van der Waals surface area contributed by atoms with Crippen LogP contribution in [0, 0.1) is 0 Å². The first-order valence-corrected chi connectivity index (χ1v) is 13.1. The number of carbonyl (C=O) groups is 5. The van der Waals surface area contributed by atoms with Crippen molar-refractivity contribution >= 4 is 41.5 Å². The van der Waals surface area contributed by atoms with Gasteiger partial charge in [-0.3, -0.25) is 34.5 Å². The van der Waals surface area contributed by atoms with Crippen molar-refractivity contribution in [2.24, 2.45) is 32.9 Å². The van der Waals surface area contributed by atoms with Gasteiger partial charge < -0.3 is 54.4 Å². The van der Waals surface area contributed by atoms with Gasteiger partial charge in [0.25, 0.3) is 5.91 Å². The second-order valence-electron chi connectivity index (χ2n) is 9.79. The number of nitrogens with zero attached hydrogens (tertiary/aromatic N) is 2. The van der Waals surface area contributed by atoms with Crippen LogP contribution in [0.2, 0.25) is 0 Å². The molecule has 1 saturated heterocycles. The Balaban J connectivity index is 2.54. The Morgan fingerprint density at radius 1 is 1.05 bits per heavy atom. The number of hydrogen-bond donors (Lipinski definition) is 11. The molecule has 0 radical (unpaired) electrons. The monoisotopic (exact) mass is 585 g/mol. The predicted molar refractivity (Wildman–Crippen MR) is 149 cm³/mol. The summed E-state index contributed by atoms with van der Waals surface area (Å²) in [6, 6.07) is -5.30. The normalized spacial score (nSPS) is 21.2. The van der Waals surface area contributed by atoms with E-state index < -0.39 is 72.0 Å². The molecule has 41 heavy (non-hydrogen) atoms. The summed E-state index contributed by atoms with van der Waals surface area (Å²) in [7, 11) is 0. The number of amides is 4. The Morgan fingerprint density at radius 2 is 1.71 bits per heavy atom. The first-order chi connectivity index (χ1) is 19.1. The fraction of sp³-hybridized carbons (Fsp3) is 0.696. The molecule has 1 heterocycles. The van der Waals surface area contributed by atoms with Gasteiger partial charge in [0.1, 0.15) is 18.1 Å². The Morgan fingerprint density at radius 3 is 2.27 bits per heavy atom. The average molecular weight is 586 g/mol. The number of carbonyl (C=O) groups excluding carboxylic acids is 4. The highest BCUT2D eigenvalue weighted by Gasteiger charge is 2.33. The molecule has 1 fully saturated rings. The van der Waals surface area contributed by atoms with Crippen molar-refractivity contribution in [3.05, 3.63) is 0 Å². The fourth-order valence-corrected chi connectivity index (χ4v) is 3.59. The summed E-state index contributed by atoms with van der Waals surface area (Å²) >= 11 is 0. The summed E-state index contributed by atoms with van der Waals surface area (Å²) in [6.45, 7) is 4.81. The molecule has 18 nitrogen and oxygen atoms in total. The van der Waals surface area contributed by atoms with E-state index in [4.69, 9.17) is 22.9 Å². The van der Waals surface area contributed by atoms with Crippen LogP contribution in [0.3, 0.4) is 0 Å². The van der Waals surface area contributed by atoms with E-state index in [0.29, 0.717) is 0 Å². The minimum Gasteiger partial charge on any atom is -0.480 e. The molecule has 4 amide bonds. The van der Waals surface area contributed by atoms with Gasteiger partial charge in [-0.1, -0.05) is 0 Å². The molecule has 1 rings (SSSR count). The van der Waals surface area contributed by atoms with E-state index in [0.717, 1.165) is 0 Å². The van der Waals surface area contributed by atoms with Crippen molar-refractivity contribution < 1.29 is 34.2 Å². The molecular formula is C23H43N11O7. The standard InChI is InChI=1S/C23H43N11O7/c1-10(24)18(37)30-12(3)19(38)32-14(21(40)41)5-4-7-29-23-31-11(2)17(20(39)34-23)33-16(36)9-15(35)13(25)6-8-28-22(26)27/h10-15,17,35H,4-9,24-25H2,1-3H3,(H,30,37)(H,32,38)(H,33,36)(H,40,41)(H4,26,27,28)(H2,29,31,34,39). The van der Waals surface area contributed by atoms with Crippen molar-refractivity contribution in [3.63, 3.8) is 0 Å². The number of carboxylic acid groups (broad SMARTS) is 1. The van der Waals surface area contributed by atoms with Crippen molar-refractivity contribution in [2.75, 3.05) is 13.1 Å². The summed E-state index contributed by atoms with van der Waals surface area (Å²) in [4.78, 5) is 68.4. The quantitative estimate of drug-likeness (QED) is 0.0460. The highest BCUT2D eigenvalue weighted by molar-refractivity contribution is 6.03. The molecule has 232 valence electrons. The molecule has 0 aromatic rings. The van der Waals surface area contributed by atoms with E-state index in [1.165, 1.54) is 13.8 Å². The largest absolute Gasteiger partial charge is 0.480 e. The number of aliphatic hydroxyl groups excluding tert-OH is 1. The van der Waals surface area contributed by atoms with E-state index in [-0.39, 0.29) is 50.7 Å². The van der Waals surface area contributed by atoms with Gasteiger partial charge in [0.15, 0.2) is 11.9 Å². The zero-order chi connectivity index (χ0) is 31.3. The molecular weight excluding hydrogens is 542 g/mol. The molecule has 0 aromatic heterocycles. The first-order valence-electron chi connectivity index (χ1n) is 13.1. The van der Waals surface area contributed by atoms with Gasteiger partial charge in [-0.2, -0.15) is 0 Å². The maximum Gasteiger partial charge on any atom is 0.326 e. The van der Waals surface area contributed by atoms with Gasteiger partial charge in [-0.15, -0.1) is 0 Å². The Kier molecular flexibility index (Phi) is 14.5. The number of carboxylic acids is 1. The summed E-state index contributed by atoms with van der Waals surface area (Å²) in [5.41, 5.74) is 21.8. The van der Waals surface area contributed by atoms with E-state index in [1.54, 1.807) is 6.92 Å². The number of nitrogens with two attached hydrogens (primary N) is 4. The highest BCUT2D eigenvalue weighted by Crippen LogP contribution is 2.06. The molecule has 0 bridgehead atoms. The summed E-state index contributed by atoms with van der Waals surface area (Å²) < 4.78 is 0. The fourth-order valence-electron chi connectivity index (χ4n) is 3.59. The second-order valence-corrected chi connectivity index (χ2v) is 9.79. The van der Waals surface area contributed by atoms with Crippen LogP contribution in [0.4, 0.5) is 0 Å². The van der Waals surface area contributed by atoms with Crippen molar-refractivity contribution in [1.82, 2.24) is 26.6 Å². The molecule has 0 aliphatic carbocycles. The third-order valence-electron chi connectivity index (χ3n) is 6.05. The van der Waals surface area contributed by atoms with Gasteiger partial charge in [-0.05, 0) is 40.0 Å². The molecule has 15 N–H and O–H groups in total. The van der Waals surface area contributed by atoms with Crippen LogP contribution < -0.4 is 49.5 Å². The zero-order valence-corrected chi connectivity index (χ0v) is 23.4.